The molecule has 3 aromatic rings. The average Bonchev–Trinajstić information content (AvgIpc) is 3.01. The van der Waals surface area contributed by atoms with Gasteiger partial charge in [-0.1, -0.05) is 18.2 Å². The summed E-state index contributed by atoms with van der Waals surface area (Å²) < 4.78 is 13.4. The first-order valence-corrected chi connectivity index (χ1v) is 14.8. The number of carbonyl (C=O) groups is 1. The number of aromatic nitrogens is 1. The maximum absolute atomic E-state index is 14.1. The third-order valence-electron chi connectivity index (χ3n) is 8.50. The second kappa shape index (κ2) is 13.3. The Balaban J connectivity index is 1.30. The summed E-state index contributed by atoms with van der Waals surface area (Å²) in [6.45, 7) is 10.9. The van der Waals surface area contributed by atoms with Gasteiger partial charge in [0.15, 0.2) is 0 Å². The molecule has 2 N–H and O–H groups in total. The fourth-order valence-electron chi connectivity index (χ4n) is 6.09. The van der Waals surface area contributed by atoms with Crippen molar-refractivity contribution in [3.63, 3.8) is 0 Å². The predicted molar refractivity (Wildman–Crippen MR) is 164 cm³/mol. The molecule has 8 nitrogen and oxygen atoms in total. The molecule has 1 aromatic heterocycles. The lowest BCUT2D eigenvalue weighted by molar-refractivity contribution is 0.0672. The molecule has 0 radical (unpaired) electrons. The van der Waals surface area contributed by atoms with Crippen LogP contribution in [0.25, 0.3) is 0 Å². The summed E-state index contributed by atoms with van der Waals surface area (Å²) in [6, 6.07) is 17.5. The SMILES string of the molecule is Cc1cc(CCCN)c(C(=O)N2CCN(c3ccc(F)cn3)C[C@H]2C)cc1CN1CCN(c2ccccc2C#N)CC1. The van der Waals surface area contributed by atoms with Gasteiger partial charge in [0.25, 0.3) is 5.91 Å². The number of nitrogens with zero attached hydrogens (tertiary/aromatic N) is 6. The summed E-state index contributed by atoms with van der Waals surface area (Å²) in [4.78, 5) is 27.1. The Morgan fingerprint density at radius 1 is 1.05 bits per heavy atom. The van der Waals surface area contributed by atoms with Crippen LogP contribution in [0.1, 0.15) is 46.0 Å². The van der Waals surface area contributed by atoms with Crippen molar-refractivity contribution in [2.75, 3.05) is 62.2 Å². The molecule has 9 heteroatoms. The number of benzene rings is 2. The van der Waals surface area contributed by atoms with Gasteiger partial charge in [-0.05, 0) is 80.3 Å². The van der Waals surface area contributed by atoms with E-state index in [1.807, 2.05) is 29.2 Å². The highest BCUT2D eigenvalue weighted by atomic mass is 19.1. The molecule has 2 aliphatic rings. The van der Waals surface area contributed by atoms with Gasteiger partial charge in [0.05, 0.1) is 17.4 Å². The Morgan fingerprint density at radius 2 is 1.81 bits per heavy atom. The zero-order valence-electron chi connectivity index (χ0n) is 24.6. The van der Waals surface area contributed by atoms with E-state index < -0.39 is 0 Å². The summed E-state index contributed by atoms with van der Waals surface area (Å²) in [5, 5.41) is 9.52. The maximum Gasteiger partial charge on any atom is 0.254 e. The molecular weight excluding hydrogens is 529 g/mol. The van der Waals surface area contributed by atoms with Crippen LogP contribution in [0.5, 0.6) is 0 Å². The zero-order chi connectivity index (χ0) is 29.6. The first kappa shape index (κ1) is 29.5. The van der Waals surface area contributed by atoms with Crippen LogP contribution in [0, 0.1) is 24.1 Å². The van der Waals surface area contributed by atoms with Crippen LogP contribution in [0.3, 0.4) is 0 Å². The Bertz CT molecular complexity index is 1430. The minimum Gasteiger partial charge on any atom is -0.368 e. The van der Waals surface area contributed by atoms with Crippen molar-refractivity contribution in [2.45, 2.75) is 39.3 Å². The number of pyridine rings is 1. The van der Waals surface area contributed by atoms with Gasteiger partial charge in [0, 0.05) is 64.0 Å². The van der Waals surface area contributed by atoms with Gasteiger partial charge in [0.1, 0.15) is 17.7 Å². The minimum atomic E-state index is -0.355. The highest BCUT2D eigenvalue weighted by Crippen LogP contribution is 2.26. The van der Waals surface area contributed by atoms with Gasteiger partial charge in [0.2, 0.25) is 0 Å². The molecule has 0 aliphatic carbocycles. The molecule has 0 spiro atoms. The molecule has 1 amide bonds. The molecule has 2 aliphatic heterocycles. The number of hydrogen-bond donors (Lipinski definition) is 1. The van der Waals surface area contributed by atoms with Gasteiger partial charge in [-0.25, -0.2) is 9.37 Å². The summed E-state index contributed by atoms with van der Waals surface area (Å²) in [7, 11) is 0. The smallest absolute Gasteiger partial charge is 0.254 e. The van der Waals surface area contributed by atoms with E-state index >= 15 is 0 Å². The number of halogens is 1. The molecule has 1 atom stereocenters. The van der Waals surface area contributed by atoms with Gasteiger partial charge < -0.3 is 20.4 Å². The number of hydrogen-bond acceptors (Lipinski definition) is 7. The van der Waals surface area contributed by atoms with E-state index in [-0.39, 0.29) is 17.8 Å². The van der Waals surface area contributed by atoms with Crippen molar-refractivity contribution in [1.29, 1.82) is 5.26 Å². The van der Waals surface area contributed by atoms with Gasteiger partial charge >= 0.3 is 0 Å². The largest absolute Gasteiger partial charge is 0.368 e. The number of para-hydroxylation sites is 1. The highest BCUT2D eigenvalue weighted by molar-refractivity contribution is 5.96. The van der Waals surface area contributed by atoms with E-state index in [0.29, 0.717) is 31.7 Å². The van der Waals surface area contributed by atoms with Crippen molar-refractivity contribution < 1.29 is 9.18 Å². The molecule has 0 saturated carbocycles. The molecular formula is C33H40FN7O. The monoisotopic (exact) mass is 569 g/mol. The number of carbonyl (C=O) groups excluding carboxylic acids is 1. The molecule has 2 saturated heterocycles. The number of nitrogens with two attached hydrogens (primary N) is 1. The molecule has 42 heavy (non-hydrogen) atoms. The van der Waals surface area contributed by atoms with E-state index in [0.717, 1.165) is 68.2 Å². The van der Waals surface area contributed by atoms with Crippen LogP contribution < -0.4 is 15.5 Å². The summed E-state index contributed by atoms with van der Waals surface area (Å²) >= 11 is 0. The predicted octanol–water partition coefficient (Wildman–Crippen LogP) is 3.97. The number of aryl methyl sites for hydroxylation is 2. The summed E-state index contributed by atoms with van der Waals surface area (Å²) in [5.41, 5.74) is 11.7. The van der Waals surface area contributed by atoms with Gasteiger partial charge in [-0.2, -0.15) is 5.26 Å². The van der Waals surface area contributed by atoms with Crippen molar-refractivity contribution >= 4 is 17.4 Å². The quantitative estimate of drug-likeness (QED) is 0.439. The topological polar surface area (TPSA) is 92.7 Å². The van der Waals surface area contributed by atoms with E-state index in [2.05, 4.69) is 51.7 Å². The van der Waals surface area contributed by atoms with Crippen molar-refractivity contribution in [3.8, 4) is 6.07 Å². The first-order chi connectivity index (χ1) is 20.4. The van der Waals surface area contributed by atoms with E-state index in [1.165, 1.54) is 23.4 Å². The number of nitriles is 1. The Hall–Kier alpha value is -4.00. The van der Waals surface area contributed by atoms with Crippen molar-refractivity contribution in [3.05, 3.63) is 88.4 Å². The number of anilines is 2. The van der Waals surface area contributed by atoms with Crippen LogP contribution >= 0.6 is 0 Å². The third kappa shape index (κ3) is 6.56. The van der Waals surface area contributed by atoms with E-state index in [4.69, 9.17) is 5.73 Å². The van der Waals surface area contributed by atoms with Crippen molar-refractivity contribution in [1.82, 2.24) is 14.8 Å². The summed E-state index contributed by atoms with van der Waals surface area (Å²) in [5.74, 6) is 0.431. The molecule has 5 rings (SSSR count). The standard InChI is InChI=1S/C33H40FN7O/c1-24-18-26(7-5-11-35)30(33(42)41-17-16-40(22-25(41)2)32-10-9-29(34)21-37-32)19-28(24)23-38-12-14-39(15-13-38)31-8-4-3-6-27(31)20-36/h3-4,6,8-10,18-19,21,25H,5,7,11-17,22-23,35H2,1-2H3/t25-/m1/s1. The van der Waals surface area contributed by atoms with Crippen LogP contribution in [-0.2, 0) is 13.0 Å². The maximum atomic E-state index is 14.1. The van der Waals surface area contributed by atoms with Gasteiger partial charge in [-0.15, -0.1) is 0 Å². The molecule has 220 valence electrons. The Labute approximate surface area is 248 Å². The van der Waals surface area contributed by atoms with Crippen LogP contribution in [0.15, 0.2) is 54.7 Å². The van der Waals surface area contributed by atoms with E-state index in [1.54, 1.807) is 6.07 Å². The number of amides is 1. The van der Waals surface area contributed by atoms with Crippen molar-refractivity contribution in [2.24, 2.45) is 5.73 Å². The Kier molecular flexibility index (Phi) is 9.35. The molecule has 0 unspecified atom stereocenters. The number of piperazine rings is 2. The second-order valence-corrected chi connectivity index (χ2v) is 11.3. The molecule has 0 bridgehead atoms. The normalized spacial score (nSPS) is 17.8. The minimum absolute atomic E-state index is 0.0189. The fraction of sp³-hybridized carbons (Fsp3) is 0.424. The zero-order valence-corrected chi connectivity index (χ0v) is 24.6. The lowest BCUT2D eigenvalue weighted by Crippen LogP contribution is -2.54. The third-order valence-corrected chi connectivity index (χ3v) is 8.50. The second-order valence-electron chi connectivity index (χ2n) is 11.3. The summed E-state index contributed by atoms with van der Waals surface area (Å²) in [6.07, 6.45) is 2.83. The van der Waals surface area contributed by atoms with Gasteiger partial charge in [-0.3, -0.25) is 9.69 Å². The number of rotatable bonds is 8. The first-order valence-electron chi connectivity index (χ1n) is 14.8. The van der Waals surface area contributed by atoms with E-state index in [9.17, 15) is 14.4 Å². The molecule has 2 fully saturated rings. The van der Waals surface area contributed by atoms with Crippen LogP contribution in [0.4, 0.5) is 15.9 Å². The lowest BCUT2D eigenvalue weighted by Gasteiger charge is -2.41. The van der Waals surface area contributed by atoms with Crippen LogP contribution in [-0.4, -0.2) is 79.1 Å². The average molecular weight is 570 g/mol. The van der Waals surface area contributed by atoms with Crippen LogP contribution in [0.2, 0.25) is 0 Å². The Morgan fingerprint density at radius 3 is 2.50 bits per heavy atom. The highest BCUT2D eigenvalue weighted by Gasteiger charge is 2.30. The molecule has 3 heterocycles. The lowest BCUT2D eigenvalue weighted by atomic mass is 9.94. The fourth-order valence-corrected chi connectivity index (χ4v) is 6.09. The molecule has 2 aromatic carbocycles.